The van der Waals surface area contributed by atoms with Crippen molar-refractivity contribution in [1.29, 1.82) is 0 Å². The summed E-state index contributed by atoms with van der Waals surface area (Å²) in [5.41, 5.74) is -1.15. The van der Waals surface area contributed by atoms with Crippen molar-refractivity contribution in [3.8, 4) is 17.0 Å². The molecule has 1 saturated heterocycles. The number of hydrogen-bond acceptors (Lipinski definition) is 6. The lowest BCUT2D eigenvalue weighted by Crippen LogP contribution is -2.53. The molecule has 6 nitrogen and oxygen atoms in total. The predicted octanol–water partition coefficient (Wildman–Crippen LogP) is 8.24. The van der Waals surface area contributed by atoms with Crippen molar-refractivity contribution < 1.29 is 41.1 Å². The fourth-order valence-corrected chi connectivity index (χ4v) is 4.78. The molecule has 2 heterocycles. The summed E-state index contributed by atoms with van der Waals surface area (Å²) in [5, 5.41) is 14.8. The Balaban J connectivity index is 0.00000103. The molecule has 11 heteroatoms. The maximum atomic E-state index is 13.2. The summed E-state index contributed by atoms with van der Waals surface area (Å²) >= 11 is 0. The van der Waals surface area contributed by atoms with Gasteiger partial charge in [-0.2, -0.15) is 22.0 Å². The van der Waals surface area contributed by atoms with E-state index in [1.54, 1.807) is 0 Å². The molecule has 0 bridgehead atoms. The van der Waals surface area contributed by atoms with Crippen LogP contribution in [0.15, 0.2) is 40.1 Å². The molecule has 1 aromatic heterocycles. The van der Waals surface area contributed by atoms with Crippen LogP contribution in [0.25, 0.3) is 11.3 Å². The average Bonchev–Trinajstić information content (AvgIpc) is 3.59. The number of rotatable bonds is 9. The average molecular weight is 575 g/mol. The highest BCUT2D eigenvalue weighted by Gasteiger charge is 2.45. The van der Waals surface area contributed by atoms with Crippen LogP contribution in [0.3, 0.4) is 0 Å². The van der Waals surface area contributed by atoms with Crippen molar-refractivity contribution >= 4 is 0 Å². The van der Waals surface area contributed by atoms with Crippen LogP contribution in [0, 0.1) is 11.8 Å². The minimum absolute atomic E-state index is 0.0479. The maximum Gasteiger partial charge on any atom is 0.416 e. The number of aliphatic hydroxyl groups is 1. The van der Waals surface area contributed by atoms with Gasteiger partial charge in [-0.05, 0) is 61.3 Å². The zero-order valence-electron chi connectivity index (χ0n) is 23.7. The highest BCUT2D eigenvalue weighted by Crippen LogP contribution is 2.42. The summed E-state index contributed by atoms with van der Waals surface area (Å²) in [5.74, 6) is 1.22. The minimum atomic E-state index is -4.67. The first-order chi connectivity index (χ1) is 18.7. The number of nitrogens with zero attached hydrogens (tertiary/aromatic N) is 2. The first-order valence-electron chi connectivity index (χ1n) is 13.6. The number of halogens is 5. The van der Waals surface area contributed by atoms with Crippen molar-refractivity contribution in [2.45, 2.75) is 85.2 Å². The summed E-state index contributed by atoms with van der Waals surface area (Å²) in [6, 6.07) is 3.65. The number of likely N-dealkylation sites (tertiary alicyclic amines) is 1. The molecule has 2 unspecified atom stereocenters. The second-order valence-electron chi connectivity index (χ2n) is 11.3. The van der Waals surface area contributed by atoms with E-state index in [1.165, 1.54) is 6.07 Å². The Morgan fingerprint density at radius 2 is 1.88 bits per heavy atom. The van der Waals surface area contributed by atoms with E-state index in [0.717, 1.165) is 36.8 Å². The quantitative estimate of drug-likeness (QED) is 0.240. The van der Waals surface area contributed by atoms with Crippen LogP contribution in [0.4, 0.5) is 22.0 Å². The molecule has 0 spiro atoms. The van der Waals surface area contributed by atoms with Gasteiger partial charge in [0.25, 0.3) is 0 Å². The molecule has 4 rings (SSSR count). The van der Waals surface area contributed by atoms with E-state index in [2.05, 4.69) is 37.6 Å². The molecule has 0 radical (unpaired) electrons. The number of aromatic nitrogens is 1. The van der Waals surface area contributed by atoms with Gasteiger partial charge in [0.1, 0.15) is 22.8 Å². The fourth-order valence-electron chi connectivity index (χ4n) is 4.78. The Hall–Kier alpha value is -2.66. The highest BCUT2D eigenvalue weighted by atomic mass is 19.4. The molecule has 2 fully saturated rings. The number of allylic oxidation sites excluding steroid dienone is 1. The summed E-state index contributed by atoms with van der Waals surface area (Å²) in [6.07, 6.45) is -1.51. The van der Waals surface area contributed by atoms with Crippen molar-refractivity contribution in [2.75, 3.05) is 19.7 Å². The van der Waals surface area contributed by atoms with E-state index in [9.17, 15) is 27.1 Å². The van der Waals surface area contributed by atoms with Crippen molar-refractivity contribution in [3.63, 3.8) is 0 Å². The summed E-state index contributed by atoms with van der Waals surface area (Å²) in [7, 11) is 0. The first-order valence-corrected chi connectivity index (χ1v) is 13.6. The van der Waals surface area contributed by atoms with Crippen LogP contribution in [-0.4, -0.2) is 47.1 Å². The van der Waals surface area contributed by atoms with Gasteiger partial charge in [-0.15, -0.1) is 0 Å². The van der Waals surface area contributed by atoms with E-state index in [-0.39, 0.29) is 23.7 Å². The maximum absolute atomic E-state index is 13.2. The van der Waals surface area contributed by atoms with Gasteiger partial charge < -0.3 is 19.1 Å². The molecule has 224 valence electrons. The van der Waals surface area contributed by atoms with Gasteiger partial charge in [0, 0.05) is 31.3 Å². The molecule has 1 N–H and O–H groups in total. The monoisotopic (exact) mass is 574 g/mol. The molecular formula is C29H39F5N2O4. The van der Waals surface area contributed by atoms with Crippen molar-refractivity contribution in [1.82, 2.24) is 10.1 Å². The standard InChI is InChI=1S/C25H29F5N2O4.C4H10/c1-3-8-34-24(22(33)16-4-5-16)11-15(2)12-32(14-24)13-18-10-20(31-36-18)19-9-17(25(28,29)30)6-7-21(19)35-23(26)27;1-4(2)3/h6-7,9-10,15,23,33H,3-5,8,11-14H2,1-2H3;4H,1-3H3. The van der Waals surface area contributed by atoms with Crippen molar-refractivity contribution in [3.05, 3.63) is 46.9 Å². The second-order valence-corrected chi connectivity index (χ2v) is 11.3. The summed E-state index contributed by atoms with van der Waals surface area (Å²) < 4.78 is 81.4. The van der Waals surface area contributed by atoms with E-state index >= 15 is 0 Å². The SMILES string of the molecule is CC(C)C.CCCOC1(C(O)=C2CC2)CC(C)CN(Cc2cc(-c3cc(C(F)(F)F)ccc3OC(F)F)no2)C1. The lowest BCUT2D eigenvalue weighted by atomic mass is 9.84. The number of ether oxygens (including phenoxy) is 2. The molecule has 2 atom stereocenters. The first kappa shape index (κ1) is 31.9. The topological polar surface area (TPSA) is 68.0 Å². The van der Waals surface area contributed by atoms with E-state index < -0.39 is 29.7 Å². The van der Waals surface area contributed by atoms with Gasteiger partial charge in [-0.1, -0.05) is 39.8 Å². The Labute approximate surface area is 232 Å². The second kappa shape index (κ2) is 13.3. The van der Waals surface area contributed by atoms with Gasteiger partial charge in [0.15, 0.2) is 5.76 Å². The smallest absolute Gasteiger partial charge is 0.416 e. The minimum Gasteiger partial charge on any atom is -0.509 e. The Kier molecular flexibility index (Phi) is 10.6. The van der Waals surface area contributed by atoms with Crippen LogP contribution < -0.4 is 4.74 Å². The zero-order valence-corrected chi connectivity index (χ0v) is 23.7. The van der Waals surface area contributed by atoms with Crippen LogP contribution in [0.2, 0.25) is 0 Å². The molecule has 2 aliphatic rings. The largest absolute Gasteiger partial charge is 0.509 e. The molecule has 40 heavy (non-hydrogen) atoms. The number of hydrogen-bond donors (Lipinski definition) is 1. The van der Waals surface area contributed by atoms with Crippen LogP contribution in [-0.2, 0) is 17.5 Å². The van der Waals surface area contributed by atoms with Crippen LogP contribution in [0.1, 0.15) is 71.6 Å². The number of benzene rings is 1. The van der Waals surface area contributed by atoms with Gasteiger partial charge in [0.05, 0.1) is 12.1 Å². The van der Waals surface area contributed by atoms with E-state index in [0.29, 0.717) is 49.8 Å². The van der Waals surface area contributed by atoms with E-state index in [4.69, 9.17) is 9.26 Å². The molecular weight excluding hydrogens is 535 g/mol. The van der Waals surface area contributed by atoms with Gasteiger partial charge >= 0.3 is 12.8 Å². The van der Waals surface area contributed by atoms with Crippen LogP contribution >= 0.6 is 0 Å². The van der Waals surface area contributed by atoms with Gasteiger partial charge in [-0.25, -0.2) is 0 Å². The number of alkyl halides is 5. The lowest BCUT2D eigenvalue weighted by molar-refractivity contribution is -0.137. The molecule has 2 aromatic rings. The molecule has 1 aromatic carbocycles. The fraction of sp³-hybridized carbons (Fsp3) is 0.621. The Morgan fingerprint density at radius 3 is 2.45 bits per heavy atom. The molecule has 1 aliphatic heterocycles. The third kappa shape index (κ3) is 8.67. The summed E-state index contributed by atoms with van der Waals surface area (Å²) in [4.78, 5) is 2.04. The highest BCUT2D eigenvalue weighted by molar-refractivity contribution is 5.68. The van der Waals surface area contributed by atoms with Gasteiger partial charge in [-0.3, -0.25) is 4.90 Å². The van der Waals surface area contributed by atoms with Gasteiger partial charge in [0.2, 0.25) is 0 Å². The molecule has 0 amide bonds. The Bertz CT molecular complexity index is 1140. The number of piperidine rings is 1. The third-order valence-corrected chi connectivity index (χ3v) is 6.31. The number of aliphatic hydroxyl groups excluding tert-OH is 1. The third-order valence-electron chi connectivity index (χ3n) is 6.31. The zero-order chi connectivity index (χ0) is 29.7. The van der Waals surface area contributed by atoms with E-state index in [1.807, 2.05) is 11.8 Å². The lowest BCUT2D eigenvalue weighted by Gasteiger charge is -2.44. The summed E-state index contributed by atoms with van der Waals surface area (Å²) in [6.45, 7) is 9.17. The molecule has 1 aliphatic carbocycles. The predicted molar refractivity (Wildman–Crippen MR) is 141 cm³/mol. The Morgan fingerprint density at radius 1 is 1.20 bits per heavy atom. The van der Waals surface area contributed by atoms with Crippen molar-refractivity contribution in [2.24, 2.45) is 11.8 Å². The van der Waals surface area contributed by atoms with Crippen LogP contribution in [0.5, 0.6) is 5.75 Å². The molecule has 1 saturated carbocycles. The normalized spacial score (nSPS) is 21.4.